The third kappa shape index (κ3) is 4.37. The molecule has 1 aliphatic carbocycles. The van der Waals surface area contributed by atoms with Crippen LogP contribution in [-0.4, -0.2) is 0 Å². The van der Waals surface area contributed by atoms with E-state index in [0.29, 0.717) is 0 Å². The van der Waals surface area contributed by atoms with Gasteiger partial charge in [0.25, 0.3) is 0 Å². The molecule has 0 N–H and O–H groups in total. The molecule has 0 bridgehead atoms. The van der Waals surface area contributed by atoms with Crippen molar-refractivity contribution in [1.82, 2.24) is 0 Å². The lowest BCUT2D eigenvalue weighted by Gasteiger charge is -2.27. The average molecular weight is 268 g/mol. The van der Waals surface area contributed by atoms with E-state index in [0.717, 1.165) is 24.7 Å². The molecule has 108 valence electrons. The number of rotatable bonds is 5. The van der Waals surface area contributed by atoms with Crippen molar-refractivity contribution < 1.29 is 0 Å². The number of hydrogen-bond acceptors (Lipinski definition) is 0. The van der Waals surface area contributed by atoms with Crippen molar-refractivity contribution in [2.75, 3.05) is 0 Å². The lowest BCUT2D eigenvalue weighted by Crippen LogP contribution is -2.11. The maximum atomic E-state index is 2.41. The van der Waals surface area contributed by atoms with E-state index in [-0.39, 0.29) is 0 Å². The standard InChI is InChI=1S/C20H28/c1-3-5-6-7-8-18-11-15-20(16-12-18)19-13-9-17(4-2)10-14-19/h5-10,13-14,18,20H,3-4,11-12,15-16H2,1-2H3/b6-5+,8-7+. The second kappa shape index (κ2) is 8.09. The van der Waals surface area contributed by atoms with Gasteiger partial charge in [-0.15, -0.1) is 0 Å². The molecule has 1 aromatic rings. The van der Waals surface area contributed by atoms with Gasteiger partial charge >= 0.3 is 0 Å². The second-order valence-corrected chi connectivity index (χ2v) is 5.93. The van der Waals surface area contributed by atoms with Gasteiger partial charge in [-0.05, 0) is 61.5 Å². The van der Waals surface area contributed by atoms with Crippen LogP contribution in [0.15, 0.2) is 48.6 Å². The lowest BCUT2D eigenvalue weighted by molar-refractivity contribution is 0.376. The van der Waals surface area contributed by atoms with Crippen molar-refractivity contribution in [1.29, 1.82) is 0 Å². The Bertz CT molecular complexity index is 428. The van der Waals surface area contributed by atoms with Gasteiger partial charge in [0.15, 0.2) is 0 Å². The van der Waals surface area contributed by atoms with E-state index in [4.69, 9.17) is 0 Å². The molecule has 1 aromatic carbocycles. The smallest absolute Gasteiger partial charge is 0.0162 e. The Kier molecular flexibility index (Phi) is 6.11. The minimum absolute atomic E-state index is 0.789. The van der Waals surface area contributed by atoms with Gasteiger partial charge in [-0.1, -0.05) is 62.4 Å². The molecule has 0 aromatic heterocycles. The number of allylic oxidation sites excluding steroid dienone is 4. The molecular formula is C20H28. The molecular weight excluding hydrogens is 240 g/mol. The zero-order valence-electron chi connectivity index (χ0n) is 13.0. The van der Waals surface area contributed by atoms with Crippen molar-refractivity contribution in [2.24, 2.45) is 5.92 Å². The molecule has 2 rings (SSSR count). The first-order valence-electron chi connectivity index (χ1n) is 8.25. The van der Waals surface area contributed by atoms with Gasteiger partial charge in [0.05, 0.1) is 0 Å². The van der Waals surface area contributed by atoms with Gasteiger partial charge in [-0.25, -0.2) is 0 Å². The minimum atomic E-state index is 0.789. The summed E-state index contributed by atoms with van der Waals surface area (Å²) in [7, 11) is 0. The van der Waals surface area contributed by atoms with Crippen molar-refractivity contribution in [2.45, 2.75) is 58.3 Å². The third-order valence-electron chi connectivity index (χ3n) is 4.50. The van der Waals surface area contributed by atoms with Crippen LogP contribution in [0.3, 0.4) is 0 Å². The Hall–Kier alpha value is -1.30. The summed E-state index contributed by atoms with van der Waals surface area (Å²) in [5.41, 5.74) is 3.00. The van der Waals surface area contributed by atoms with Gasteiger partial charge in [-0.2, -0.15) is 0 Å². The molecule has 0 atom stereocenters. The van der Waals surface area contributed by atoms with E-state index in [2.05, 4.69) is 62.4 Å². The largest absolute Gasteiger partial charge is 0.0848 e. The molecule has 0 heterocycles. The Morgan fingerprint density at radius 3 is 2.25 bits per heavy atom. The summed E-state index contributed by atoms with van der Waals surface area (Å²) in [6.45, 7) is 4.40. The lowest BCUT2D eigenvalue weighted by atomic mass is 9.78. The molecule has 0 amide bonds. The highest BCUT2D eigenvalue weighted by atomic mass is 14.2. The van der Waals surface area contributed by atoms with E-state index in [1.165, 1.54) is 31.2 Å². The summed E-state index contributed by atoms with van der Waals surface area (Å²) in [4.78, 5) is 0. The Morgan fingerprint density at radius 1 is 0.950 bits per heavy atom. The van der Waals surface area contributed by atoms with Crippen molar-refractivity contribution in [3.63, 3.8) is 0 Å². The molecule has 0 radical (unpaired) electrons. The minimum Gasteiger partial charge on any atom is -0.0848 e. The normalized spacial score (nSPS) is 23.7. The molecule has 1 saturated carbocycles. The number of hydrogen-bond donors (Lipinski definition) is 0. The Labute approximate surface area is 124 Å². The van der Waals surface area contributed by atoms with Crippen LogP contribution in [0.25, 0.3) is 0 Å². The van der Waals surface area contributed by atoms with Gasteiger partial charge in [0.1, 0.15) is 0 Å². The number of aryl methyl sites for hydroxylation is 1. The fourth-order valence-electron chi connectivity index (χ4n) is 3.11. The fraction of sp³-hybridized carbons (Fsp3) is 0.500. The monoisotopic (exact) mass is 268 g/mol. The maximum Gasteiger partial charge on any atom is -0.0162 e. The van der Waals surface area contributed by atoms with Crippen LogP contribution >= 0.6 is 0 Å². The van der Waals surface area contributed by atoms with Crippen LogP contribution in [0.4, 0.5) is 0 Å². The molecule has 0 heteroatoms. The zero-order valence-corrected chi connectivity index (χ0v) is 13.0. The van der Waals surface area contributed by atoms with E-state index in [9.17, 15) is 0 Å². The molecule has 0 unspecified atom stereocenters. The molecule has 20 heavy (non-hydrogen) atoms. The van der Waals surface area contributed by atoms with E-state index in [1.54, 1.807) is 5.56 Å². The predicted octanol–water partition coefficient (Wildman–Crippen LogP) is 6.05. The summed E-state index contributed by atoms with van der Waals surface area (Å²) in [5.74, 6) is 1.58. The topological polar surface area (TPSA) is 0 Å². The highest BCUT2D eigenvalue weighted by molar-refractivity contribution is 5.26. The molecule has 1 fully saturated rings. The summed E-state index contributed by atoms with van der Waals surface area (Å²) in [5, 5.41) is 0. The van der Waals surface area contributed by atoms with E-state index >= 15 is 0 Å². The van der Waals surface area contributed by atoms with Gasteiger partial charge in [-0.3, -0.25) is 0 Å². The van der Waals surface area contributed by atoms with Crippen molar-refractivity contribution in [3.8, 4) is 0 Å². The summed E-state index contributed by atoms with van der Waals surface area (Å²) < 4.78 is 0. The van der Waals surface area contributed by atoms with Crippen LogP contribution < -0.4 is 0 Å². The van der Waals surface area contributed by atoms with Gasteiger partial charge < -0.3 is 0 Å². The van der Waals surface area contributed by atoms with Crippen molar-refractivity contribution in [3.05, 3.63) is 59.7 Å². The first-order valence-corrected chi connectivity index (χ1v) is 8.25. The highest BCUT2D eigenvalue weighted by Crippen LogP contribution is 2.36. The quantitative estimate of drug-likeness (QED) is 0.571. The summed E-state index contributed by atoms with van der Waals surface area (Å²) in [6, 6.07) is 9.31. The SMILES string of the molecule is CC/C=C/C=C/C1CCC(c2ccc(CC)cc2)CC1. The van der Waals surface area contributed by atoms with Crippen LogP contribution in [0.5, 0.6) is 0 Å². The van der Waals surface area contributed by atoms with Gasteiger partial charge in [0, 0.05) is 0 Å². The van der Waals surface area contributed by atoms with Crippen molar-refractivity contribution >= 4 is 0 Å². The fourth-order valence-corrected chi connectivity index (χ4v) is 3.11. The van der Waals surface area contributed by atoms with Crippen LogP contribution in [-0.2, 0) is 6.42 Å². The molecule has 1 aliphatic rings. The third-order valence-corrected chi connectivity index (χ3v) is 4.50. The molecule has 0 nitrogen and oxygen atoms in total. The predicted molar refractivity (Wildman–Crippen MR) is 89.1 cm³/mol. The molecule has 0 spiro atoms. The number of benzene rings is 1. The van der Waals surface area contributed by atoms with Crippen LogP contribution in [0.1, 0.15) is 63.0 Å². The first kappa shape index (κ1) is 15.1. The Balaban J connectivity index is 1.84. The van der Waals surface area contributed by atoms with Crippen LogP contribution in [0.2, 0.25) is 0 Å². The molecule has 0 aliphatic heterocycles. The van der Waals surface area contributed by atoms with E-state index in [1.807, 2.05) is 0 Å². The summed E-state index contributed by atoms with van der Waals surface area (Å²) >= 11 is 0. The molecule has 0 saturated heterocycles. The first-order chi connectivity index (χ1) is 9.83. The average Bonchev–Trinajstić information content (AvgIpc) is 2.52. The second-order valence-electron chi connectivity index (χ2n) is 5.93. The van der Waals surface area contributed by atoms with Crippen LogP contribution in [0, 0.1) is 5.92 Å². The van der Waals surface area contributed by atoms with Gasteiger partial charge in [0.2, 0.25) is 0 Å². The highest BCUT2D eigenvalue weighted by Gasteiger charge is 2.20. The Morgan fingerprint density at radius 2 is 1.65 bits per heavy atom. The summed E-state index contributed by atoms with van der Waals surface area (Å²) in [6.07, 6.45) is 16.7. The van der Waals surface area contributed by atoms with E-state index < -0.39 is 0 Å². The zero-order chi connectivity index (χ0) is 14.2. The maximum absolute atomic E-state index is 2.41.